The number of benzene rings is 1. The Hall–Kier alpha value is -1.44. The molecular formula is C11H15NO5S. The lowest BCUT2D eigenvalue weighted by atomic mass is 10.2. The lowest BCUT2D eigenvalue weighted by Crippen LogP contribution is -2.38. The topological polar surface area (TPSA) is 92.7 Å². The lowest BCUT2D eigenvalue weighted by molar-refractivity contribution is -0.147. The highest BCUT2D eigenvalue weighted by Crippen LogP contribution is 2.04. The molecule has 0 aliphatic heterocycles. The quantitative estimate of drug-likeness (QED) is 0.740. The minimum atomic E-state index is -3.57. The Labute approximate surface area is 106 Å². The zero-order valence-electron chi connectivity index (χ0n) is 9.87. The van der Waals surface area contributed by atoms with E-state index in [4.69, 9.17) is 5.11 Å². The van der Waals surface area contributed by atoms with E-state index in [9.17, 15) is 13.2 Å². The van der Waals surface area contributed by atoms with Gasteiger partial charge in [-0.15, -0.1) is 0 Å². The van der Waals surface area contributed by atoms with Crippen LogP contribution in [-0.2, 0) is 25.3 Å². The number of carboxylic acids is 1. The smallest absolute Gasteiger partial charge is 0.334 e. The average molecular weight is 273 g/mol. The van der Waals surface area contributed by atoms with Crippen LogP contribution in [0.4, 0.5) is 0 Å². The Balaban J connectivity index is 2.58. The molecular weight excluding hydrogens is 258 g/mol. The summed E-state index contributed by atoms with van der Waals surface area (Å²) in [5.74, 6) is -1.40. The van der Waals surface area contributed by atoms with Crippen molar-refractivity contribution in [3.05, 3.63) is 35.9 Å². The molecule has 1 unspecified atom stereocenters. The van der Waals surface area contributed by atoms with Crippen molar-refractivity contribution in [1.82, 2.24) is 4.72 Å². The number of carboxylic acid groups (broad SMARTS) is 1. The second-order valence-electron chi connectivity index (χ2n) is 3.66. The molecule has 0 fully saturated rings. The summed E-state index contributed by atoms with van der Waals surface area (Å²) in [5, 5.41) is 8.70. The van der Waals surface area contributed by atoms with E-state index in [0.717, 1.165) is 0 Å². The fourth-order valence-corrected chi connectivity index (χ4v) is 2.46. The van der Waals surface area contributed by atoms with Crippen LogP contribution in [0.2, 0.25) is 0 Å². The molecule has 0 aliphatic carbocycles. The van der Waals surface area contributed by atoms with Gasteiger partial charge in [0.1, 0.15) is 0 Å². The Morgan fingerprint density at radius 3 is 2.50 bits per heavy atom. The molecule has 1 atom stereocenters. The maximum Gasteiger partial charge on any atom is 0.334 e. The summed E-state index contributed by atoms with van der Waals surface area (Å²) in [7, 11) is -2.35. The Bertz CT molecular complexity index is 485. The number of ether oxygens (including phenoxy) is 1. The summed E-state index contributed by atoms with van der Waals surface area (Å²) in [6, 6.07) is 8.63. The molecule has 1 aromatic carbocycles. The summed E-state index contributed by atoms with van der Waals surface area (Å²) in [6.45, 7) is -0.291. The monoisotopic (exact) mass is 273 g/mol. The molecule has 0 spiro atoms. The van der Waals surface area contributed by atoms with Gasteiger partial charge in [-0.3, -0.25) is 0 Å². The van der Waals surface area contributed by atoms with E-state index in [2.05, 4.69) is 9.46 Å². The van der Waals surface area contributed by atoms with Crippen LogP contribution in [0.15, 0.2) is 30.3 Å². The molecule has 0 amide bonds. The van der Waals surface area contributed by atoms with Gasteiger partial charge in [-0.05, 0) is 5.56 Å². The highest BCUT2D eigenvalue weighted by atomic mass is 32.2. The molecule has 0 radical (unpaired) electrons. The first-order valence-corrected chi connectivity index (χ1v) is 6.86. The van der Waals surface area contributed by atoms with E-state index in [1.165, 1.54) is 7.11 Å². The third kappa shape index (κ3) is 4.82. The molecule has 0 heterocycles. The van der Waals surface area contributed by atoms with Crippen molar-refractivity contribution in [2.24, 2.45) is 0 Å². The molecule has 0 aromatic heterocycles. The molecule has 18 heavy (non-hydrogen) atoms. The highest BCUT2D eigenvalue weighted by molar-refractivity contribution is 7.88. The zero-order chi connectivity index (χ0) is 13.6. The molecule has 1 aromatic rings. The fraction of sp³-hybridized carbons (Fsp3) is 0.364. The van der Waals surface area contributed by atoms with Crippen LogP contribution in [0, 0.1) is 0 Å². The largest absolute Gasteiger partial charge is 0.479 e. The third-order valence-corrected chi connectivity index (χ3v) is 3.57. The highest BCUT2D eigenvalue weighted by Gasteiger charge is 2.20. The first-order valence-electron chi connectivity index (χ1n) is 5.21. The van der Waals surface area contributed by atoms with E-state index >= 15 is 0 Å². The Morgan fingerprint density at radius 1 is 1.39 bits per heavy atom. The van der Waals surface area contributed by atoms with Crippen LogP contribution in [0.5, 0.6) is 0 Å². The van der Waals surface area contributed by atoms with Gasteiger partial charge >= 0.3 is 5.97 Å². The first-order chi connectivity index (χ1) is 8.44. The van der Waals surface area contributed by atoms with Gasteiger partial charge in [-0.1, -0.05) is 30.3 Å². The molecule has 0 saturated carbocycles. The van der Waals surface area contributed by atoms with Crippen LogP contribution < -0.4 is 4.72 Å². The number of hydrogen-bond acceptors (Lipinski definition) is 4. The van der Waals surface area contributed by atoms with Crippen molar-refractivity contribution in [1.29, 1.82) is 0 Å². The van der Waals surface area contributed by atoms with Gasteiger partial charge in [0.2, 0.25) is 10.0 Å². The molecule has 1 rings (SSSR count). The first kappa shape index (κ1) is 14.6. The maximum absolute atomic E-state index is 11.7. The number of carbonyl (C=O) groups is 1. The molecule has 0 aliphatic rings. The van der Waals surface area contributed by atoms with E-state index in [1.807, 2.05) is 0 Å². The number of nitrogens with one attached hydrogen (secondary N) is 1. The SMILES string of the molecule is COC(CNS(=O)(=O)Cc1ccccc1)C(=O)O. The number of aliphatic carboxylic acids is 1. The maximum atomic E-state index is 11.7. The second-order valence-corrected chi connectivity index (χ2v) is 5.46. The second kappa shape index (κ2) is 6.48. The van der Waals surface area contributed by atoms with E-state index in [1.54, 1.807) is 30.3 Å². The van der Waals surface area contributed by atoms with Crippen LogP contribution in [-0.4, -0.2) is 39.3 Å². The normalized spacial score (nSPS) is 13.2. The predicted octanol–water partition coefficient (Wildman–Crippen LogP) is 0.206. The van der Waals surface area contributed by atoms with Crippen molar-refractivity contribution >= 4 is 16.0 Å². The summed E-state index contributed by atoms with van der Waals surface area (Å²) in [5.41, 5.74) is 0.634. The van der Waals surface area contributed by atoms with Gasteiger partial charge in [0.15, 0.2) is 6.10 Å². The van der Waals surface area contributed by atoms with E-state index in [0.29, 0.717) is 5.56 Å². The Morgan fingerprint density at radius 2 is 2.00 bits per heavy atom. The van der Waals surface area contributed by atoms with Gasteiger partial charge in [-0.2, -0.15) is 0 Å². The molecule has 2 N–H and O–H groups in total. The summed E-state index contributed by atoms with van der Waals surface area (Å²) in [4.78, 5) is 10.6. The van der Waals surface area contributed by atoms with Gasteiger partial charge < -0.3 is 9.84 Å². The van der Waals surface area contributed by atoms with E-state index < -0.39 is 22.1 Å². The predicted molar refractivity (Wildman–Crippen MR) is 65.5 cm³/mol. The standard InChI is InChI=1S/C11H15NO5S/c1-17-10(11(13)14)7-12-18(15,16)8-9-5-3-2-4-6-9/h2-6,10,12H,7-8H2,1H3,(H,13,14). The van der Waals surface area contributed by atoms with Crippen molar-refractivity contribution in [2.45, 2.75) is 11.9 Å². The van der Waals surface area contributed by atoms with Gasteiger partial charge in [-0.25, -0.2) is 17.9 Å². The van der Waals surface area contributed by atoms with Crippen LogP contribution in [0.1, 0.15) is 5.56 Å². The third-order valence-electron chi connectivity index (χ3n) is 2.25. The average Bonchev–Trinajstić information content (AvgIpc) is 2.29. The van der Waals surface area contributed by atoms with Gasteiger partial charge in [0.05, 0.1) is 5.75 Å². The molecule has 100 valence electrons. The minimum absolute atomic E-state index is 0.191. The molecule has 0 saturated heterocycles. The van der Waals surface area contributed by atoms with Crippen molar-refractivity contribution in [3.8, 4) is 0 Å². The minimum Gasteiger partial charge on any atom is -0.479 e. The summed E-state index contributed by atoms with van der Waals surface area (Å²) >= 11 is 0. The summed E-state index contributed by atoms with van der Waals surface area (Å²) < 4.78 is 30.2. The van der Waals surface area contributed by atoms with Crippen molar-refractivity contribution in [2.75, 3.05) is 13.7 Å². The summed E-state index contributed by atoms with van der Waals surface area (Å²) in [6.07, 6.45) is -1.18. The molecule has 0 bridgehead atoms. The number of hydrogen-bond donors (Lipinski definition) is 2. The zero-order valence-corrected chi connectivity index (χ0v) is 10.7. The van der Waals surface area contributed by atoms with Crippen LogP contribution in [0.25, 0.3) is 0 Å². The van der Waals surface area contributed by atoms with Crippen molar-refractivity contribution in [3.63, 3.8) is 0 Å². The van der Waals surface area contributed by atoms with Crippen LogP contribution in [0.3, 0.4) is 0 Å². The van der Waals surface area contributed by atoms with E-state index in [-0.39, 0.29) is 12.3 Å². The molecule has 6 nitrogen and oxygen atoms in total. The number of sulfonamides is 1. The van der Waals surface area contributed by atoms with Crippen LogP contribution >= 0.6 is 0 Å². The number of methoxy groups -OCH3 is 1. The van der Waals surface area contributed by atoms with Gasteiger partial charge in [0, 0.05) is 13.7 Å². The van der Waals surface area contributed by atoms with Gasteiger partial charge in [0.25, 0.3) is 0 Å². The Kier molecular flexibility index (Phi) is 5.26. The lowest BCUT2D eigenvalue weighted by Gasteiger charge is -2.11. The number of rotatable bonds is 7. The fourth-order valence-electron chi connectivity index (χ4n) is 1.32. The van der Waals surface area contributed by atoms with Crippen molar-refractivity contribution < 1.29 is 23.1 Å². The molecule has 7 heteroatoms.